The highest BCUT2D eigenvalue weighted by Crippen LogP contribution is 2.52. The lowest BCUT2D eigenvalue weighted by atomic mass is 10.00. The predicted molar refractivity (Wildman–Crippen MR) is 146 cm³/mol. The number of methoxy groups -OCH3 is 1. The van der Waals surface area contributed by atoms with Crippen molar-refractivity contribution in [1.82, 2.24) is 14.2 Å². The molecule has 1 fully saturated rings. The van der Waals surface area contributed by atoms with Crippen molar-refractivity contribution in [3.8, 4) is 0 Å². The summed E-state index contributed by atoms with van der Waals surface area (Å²) in [6.45, 7) is 22.7. The van der Waals surface area contributed by atoms with Gasteiger partial charge in [-0.1, -0.05) is 6.92 Å². The van der Waals surface area contributed by atoms with Crippen molar-refractivity contribution in [3.63, 3.8) is 0 Å². The molecule has 1 aliphatic heterocycles. The van der Waals surface area contributed by atoms with E-state index in [2.05, 4.69) is 14.5 Å². The molecule has 0 spiro atoms. The normalized spacial score (nSPS) is 24.1. The lowest BCUT2D eigenvalue weighted by molar-refractivity contribution is -0.0615. The third-order valence-electron chi connectivity index (χ3n) is 6.07. The zero-order valence-electron chi connectivity index (χ0n) is 23.3. The molecule has 37 heavy (non-hydrogen) atoms. The van der Waals surface area contributed by atoms with Crippen LogP contribution in [0.4, 0.5) is 0 Å². The number of hydrogen-bond acceptors (Lipinski definition) is 8. The van der Waals surface area contributed by atoms with Crippen molar-refractivity contribution >= 4 is 15.7 Å². The Morgan fingerprint density at radius 1 is 1.22 bits per heavy atom. The van der Waals surface area contributed by atoms with Crippen LogP contribution in [0, 0.1) is 19.4 Å². The summed E-state index contributed by atoms with van der Waals surface area (Å²) in [5.41, 5.74) is -0.729. The maximum Gasteiger partial charge on any atom is 0.330 e. The Labute approximate surface area is 221 Å². The number of rotatable bonds is 13. The summed E-state index contributed by atoms with van der Waals surface area (Å²) in [5.74, 6) is -0.195. The Morgan fingerprint density at radius 3 is 2.35 bits per heavy atom. The van der Waals surface area contributed by atoms with Crippen molar-refractivity contribution in [3.05, 3.63) is 44.0 Å². The quantitative estimate of drug-likeness (QED) is 0.221. The number of nitrogens with zero attached hydrogens (tertiary/aromatic N) is 3. The average molecular weight is 561 g/mol. The molecule has 2 heterocycles. The standard InChI is InChI=1S/C24H42N4O7P2/c1-15(2)28(16(3)4)36(33-12-11-25-7)35-20-19(18(6)14-37(9,10)31)34-23(21(20)32-8)27-13-17(5)22(29)26-24(27)30/h13,15-16,18-21,23H,11-12,14H2,1-6,8-10H3,(H,26,29,30)/t18-,19-,20-,21-,23-,36?/m1/s1. The number of ether oxygens (including phenoxy) is 2. The second-order valence-electron chi connectivity index (χ2n) is 10.5. The van der Waals surface area contributed by atoms with Crippen LogP contribution in [-0.4, -0.2) is 84.4 Å². The van der Waals surface area contributed by atoms with E-state index in [1.165, 1.54) is 17.9 Å². The van der Waals surface area contributed by atoms with Crippen LogP contribution in [0.15, 0.2) is 15.8 Å². The van der Waals surface area contributed by atoms with Crippen LogP contribution in [0.25, 0.3) is 4.85 Å². The van der Waals surface area contributed by atoms with Crippen LogP contribution in [0.5, 0.6) is 0 Å². The molecule has 210 valence electrons. The van der Waals surface area contributed by atoms with Crippen molar-refractivity contribution in [2.45, 2.75) is 78.2 Å². The van der Waals surface area contributed by atoms with Crippen LogP contribution in [-0.2, 0) is 23.1 Å². The van der Waals surface area contributed by atoms with Gasteiger partial charge in [0.2, 0.25) is 6.54 Å². The summed E-state index contributed by atoms with van der Waals surface area (Å²) in [6, 6.07) is 0.176. The summed E-state index contributed by atoms with van der Waals surface area (Å²) in [5, 5.41) is 0. The molecular weight excluding hydrogens is 518 g/mol. The Morgan fingerprint density at radius 2 is 1.84 bits per heavy atom. The van der Waals surface area contributed by atoms with E-state index in [0.29, 0.717) is 11.7 Å². The number of H-pyrrole nitrogens is 1. The monoisotopic (exact) mass is 560 g/mol. The second-order valence-corrected chi connectivity index (χ2v) is 15.4. The first kappa shape index (κ1) is 31.8. The lowest BCUT2D eigenvalue weighted by Crippen LogP contribution is -2.42. The summed E-state index contributed by atoms with van der Waals surface area (Å²) >= 11 is 0. The summed E-state index contributed by atoms with van der Waals surface area (Å²) in [4.78, 5) is 30.5. The van der Waals surface area contributed by atoms with Crippen molar-refractivity contribution < 1.29 is 23.1 Å². The molecule has 11 nitrogen and oxygen atoms in total. The number of aromatic nitrogens is 2. The van der Waals surface area contributed by atoms with Crippen LogP contribution in [0.3, 0.4) is 0 Å². The minimum absolute atomic E-state index is 0.0880. The molecule has 1 N–H and O–H groups in total. The van der Waals surface area contributed by atoms with Gasteiger partial charge < -0.3 is 27.9 Å². The van der Waals surface area contributed by atoms with E-state index in [0.717, 1.165) is 0 Å². The van der Waals surface area contributed by atoms with E-state index < -0.39 is 51.5 Å². The number of nitrogens with one attached hydrogen (secondary N) is 1. The molecule has 2 rings (SSSR count). The Balaban J connectivity index is 2.56. The van der Waals surface area contributed by atoms with Crippen molar-refractivity contribution in [2.24, 2.45) is 5.92 Å². The molecule has 0 aliphatic carbocycles. The predicted octanol–water partition coefficient (Wildman–Crippen LogP) is 3.68. The van der Waals surface area contributed by atoms with Gasteiger partial charge in [0.05, 0.1) is 13.2 Å². The fourth-order valence-electron chi connectivity index (χ4n) is 4.68. The molecule has 6 atom stereocenters. The molecule has 1 saturated heterocycles. The topological polar surface area (TPSA) is 116 Å². The molecule has 0 amide bonds. The Hall–Kier alpha value is -1.37. The van der Waals surface area contributed by atoms with Gasteiger partial charge in [-0.25, -0.2) is 16.0 Å². The number of hydrogen-bond donors (Lipinski definition) is 1. The molecule has 1 unspecified atom stereocenters. The first-order valence-electron chi connectivity index (χ1n) is 12.5. The first-order chi connectivity index (χ1) is 17.2. The van der Waals surface area contributed by atoms with E-state index in [4.69, 9.17) is 25.1 Å². The van der Waals surface area contributed by atoms with Gasteiger partial charge in [0.15, 0.2) is 6.23 Å². The van der Waals surface area contributed by atoms with Crippen LogP contribution < -0.4 is 11.2 Å². The zero-order valence-corrected chi connectivity index (χ0v) is 25.1. The Kier molecular flexibility index (Phi) is 11.7. The van der Waals surface area contributed by atoms with Crippen molar-refractivity contribution in [2.75, 3.05) is 39.8 Å². The fraction of sp³-hybridized carbons (Fsp3) is 0.792. The molecule has 1 aliphatic rings. The third kappa shape index (κ3) is 8.31. The maximum atomic E-state index is 12.8. The van der Waals surface area contributed by atoms with Gasteiger partial charge in [-0.3, -0.25) is 14.3 Å². The summed E-state index contributed by atoms with van der Waals surface area (Å²) < 4.78 is 41.3. The highest BCUT2D eigenvalue weighted by Gasteiger charge is 2.51. The maximum absolute atomic E-state index is 12.8. The molecule has 1 aromatic heterocycles. The molecule has 0 bridgehead atoms. The van der Waals surface area contributed by atoms with Crippen LogP contribution in [0.1, 0.15) is 46.4 Å². The van der Waals surface area contributed by atoms with E-state index in [1.54, 1.807) is 20.3 Å². The van der Waals surface area contributed by atoms with E-state index >= 15 is 0 Å². The molecular formula is C24H42N4O7P2. The van der Waals surface area contributed by atoms with E-state index in [1.807, 2.05) is 34.6 Å². The fourth-order valence-corrected chi connectivity index (χ4v) is 8.02. The number of aromatic amines is 1. The van der Waals surface area contributed by atoms with Gasteiger partial charge in [-0.05, 0) is 53.9 Å². The average Bonchev–Trinajstić information content (AvgIpc) is 3.12. The minimum Gasteiger partial charge on any atom is -0.374 e. The molecule has 0 saturated carbocycles. The first-order valence-corrected chi connectivity index (χ1v) is 16.4. The highest BCUT2D eigenvalue weighted by atomic mass is 31.2. The van der Waals surface area contributed by atoms with Gasteiger partial charge in [0.25, 0.3) is 14.1 Å². The van der Waals surface area contributed by atoms with E-state index in [-0.39, 0.29) is 31.2 Å². The molecule has 0 aromatic carbocycles. The molecule has 13 heteroatoms. The van der Waals surface area contributed by atoms with Crippen LogP contribution in [0.2, 0.25) is 0 Å². The Bertz CT molecular complexity index is 1090. The third-order valence-corrected chi connectivity index (χ3v) is 9.65. The van der Waals surface area contributed by atoms with Gasteiger partial charge in [-0.15, -0.1) is 0 Å². The zero-order chi connectivity index (χ0) is 28.1. The molecule has 1 aromatic rings. The highest BCUT2D eigenvalue weighted by molar-refractivity contribution is 7.62. The smallest absolute Gasteiger partial charge is 0.330 e. The molecule has 0 radical (unpaired) electrons. The van der Waals surface area contributed by atoms with Crippen LogP contribution >= 0.6 is 15.7 Å². The summed E-state index contributed by atoms with van der Waals surface area (Å²) in [6.07, 6.45) is -0.984. The number of aryl methyl sites for hydroxylation is 1. The largest absolute Gasteiger partial charge is 0.374 e. The second kappa shape index (κ2) is 13.6. The van der Waals surface area contributed by atoms with Gasteiger partial charge in [0, 0.05) is 37.1 Å². The van der Waals surface area contributed by atoms with Crippen molar-refractivity contribution in [1.29, 1.82) is 0 Å². The van der Waals surface area contributed by atoms with Gasteiger partial charge >= 0.3 is 5.69 Å². The lowest BCUT2D eigenvalue weighted by Gasteiger charge is -2.38. The van der Waals surface area contributed by atoms with Gasteiger partial charge in [0.1, 0.15) is 18.8 Å². The van der Waals surface area contributed by atoms with E-state index in [9.17, 15) is 14.2 Å². The van der Waals surface area contributed by atoms with Gasteiger partial charge in [-0.2, -0.15) is 0 Å². The summed E-state index contributed by atoms with van der Waals surface area (Å²) in [7, 11) is -2.53. The minimum atomic E-state index is -2.41. The SMILES string of the molecule is [C-]#[N+]CCOP(O[C@H]1[C@@H](OC)[C@H](n2cc(C)c(=O)[nH]c2=O)O[C@@H]1[C@H](C)CP(C)(C)=O)N(C(C)C)C(C)C.